The Balaban J connectivity index is 0.895. The highest BCUT2D eigenvalue weighted by atomic mass is 32.3. The number of hydrogen-bond donors (Lipinski definition) is 0. The predicted octanol–water partition coefficient (Wildman–Crippen LogP) is 9.49. The van der Waals surface area contributed by atoms with Crippen molar-refractivity contribution < 1.29 is 91.6 Å². The third-order valence-electron chi connectivity index (χ3n) is 11.9. The molecule has 3 atom stereocenters. The van der Waals surface area contributed by atoms with Gasteiger partial charge in [0, 0.05) is 16.7 Å². The molecule has 27 heteroatoms. The monoisotopic (exact) mass is 1200 g/mol. The van der Waals surface area contributed by atoms with Gasteiger partial charge in [-0.3, -0.25) is 0 Å². The minimum atomic E-state index is -5.24. The van der Waals surface area contributed by atoms with E-state index in [-0.39, 0.29) is 34.5 Å². The molecular weight excluding hydrogens is 1160 g/mol. The molecule has 84 heavy (non-hydrogen) atoms. The molecule has 0 aliphatic carbocycles. The van der Waals surface area contributed by atoms with Crippen molar-refractivity contribution in [3.8, 4) is 51.7 Å². The maximum Gasteiger partial charge on any atom is 0.488 e. The van der Waals surface area contributed by atoms with Gasteiger partial charge in [-0.1, -0.05) is 139 Å². The lowest BCUT2D eigenvalue weighted by Gasteiger charge is -2.32. The van der Waals surface area contributed by atoms with Crippen LogP contribution in [0.25, 0.3) is 0 Å². The molecule has 0 radical (unpaired) electrons. The minimum absolute atomic E-state index is 0.255. The summed E-state index contributed by atoms with van der Waals surface area (Å²) >= 11 is 0. The Morgan fingerprint density at radius 3 is 0.631 bits per heavy atom. The largest absolute Gasteiger partial charge is 0.488 e. The average Bonchev–Trinajstić information content (AvgIpc) is 3.64. The zero-order valence-corrected chi connectivity index (χ0v) is 45.6. The summed E-state index contributed by atoms with van der Waals surface area (Å²) in [6, 6.07) is 63.3. The van der Waals surface area contributed by atoms with Crippen molar-refractivity contribution in [1.82, 2.24) is 0 Å². The molecule has 1 fully saturated rings. The van der Waals surface area contributed by atoms with Crippen molar-refractivity contribution in [3.05, 3.63) is 253 Å². The summed E-state index contributed by atoms with van der Waals surface area (Å²) in [5, 5.41) is 0. The molecule has 0 spiro atoms. The van der Waals surface area contributed by atoms with Crippen LogP contribution in [0.3, 0.4) is 0 Å². The van der Waals surface area contributed by atoms with Crippen LogP contribution in [-0.2, 0) is 45.2 Å². The molecular formula is C57H42B3F3O18S3. The number of ether oxygens (including phenoxy) is 6. The standard InChI is InChI=1S/C57H42B3F3O18S3/c61-82(64,65)76-52-34-28-49(29-35-52)73-55(40-10-4-1-5-11-40)70-46-22-16-43(17-23-46)58-79-59(44-18-24-47(25-19-44)71-56(41-12-6-2-7-13-41)74-50-30-36-53(37-31-50)77-83(62,66)67)81-60(80-58)45-20-26-48(27-21-45)72-57(42-14-8-3-9-15-42)75-51-32-38-54(39-33-51)78-84(63,68)69/h1-39,55-57H. The number of halogens is 3. The van der Waals surface area contributed by atoms with Crippen molar-refractivity contribution in [3.63, 3.8) is 0 Å². The molecule has 0 bridgehead atoms. The quantitative estimate of drug-likeness (QED) is 0.0313. The summed E-state index contributed by atoms with van der Waals surface area (Å²) < 4.78 is 176. The van der Waals surface area contributed by atoms with Gasteiger partial charge in [-0.05, 0) is 126 Å². The molecule has 0 aromatic heterocycles. The van der Waals surface area contributed by atoms with Crippen molar-refractivity contribution >= 4 is 69.3 Å². The smallest absolute Gasteiger partial charge is 0.451 e. The van der Waals surface area contributed by atoms with E-state index in [0.29, 0.717) is 50.3 Å². The first-order chi connectivity index (χ1) is 40.4. The Hall–Kier alpha value is -9.11. The van der Waals surface area contributed by atoms with E-state index in [2.05, 4.69) is 12.5 Å². The lowest BCUT2D eigenvalue weighted by molar-refractivity contribution is 0.00353. The van der Waals surface area contributed by atoms with Crippen molar-refractivity contribution in [1.29, 1.82) is 0 Å². The maximum absolute atomic E-state index is 13.2. The lowest BCUT2D eigenvalue weighted by atomic mass is 9.61. The Morgan fingerprint density at radius 1 is 0.262 bits per heavy atom. The van der Waals surface area contributed by atoms with Crippen molar-refractivity contribution in [2.75, 3.05) is 0 Å². The van der Waals surface area contributed by atoms with Gasteiger partial charge in [0.25, 0.3) is 18.9 Å². The summed E-state index contributed by atoms with van der Waals surface area (Å²) in [5.74, 6) is 1.10. The Labute approximate surface area is 482 Å². The minimum Gasteiger partial charge on any atom is -0.451 e. The van der Waals surface area contributed by atoms with Gasteiger partial charge in [-0.25, -0.2) is 0 Å². The highest BCUT2D eigenvalue weighted by molar-refractivity contribution is 7.82. The second-order valence-electron chi connectivity index (χ2n) is 17.9. The highest BCUT2D eigenvalue weighted by Crippen LogP contribution is 2.32. The van der Waals surface area contributed by atoms with E-state index in [4.69, 9.17) is 42.1 Å². The number of rotatable bonds is 24. The van der Waals surface area contributed by atoms with E-state index >= 15 is 0 Å². The number of hydrogen-bond acceptors (Lipinski definition) is 18. The lowest BCUT2D eigenvalue weighted by Crippen LogP contribution is -2.61. The summed E-state index contributed by atoms with van der Waals surface area (Å²) in [6.45, 7) is 0. The molecule has 0 amide bonds. The normalized spacial score (nSPS) is 13.8. The maximum atomic E-state index is 13.2. The van der Waals surface area contributed by atoms with Crippen molar-refractivity contribution in [2.45, 2.75) is 18.9 Å². The first kappa shape index (κ1) is 58.1. The molecule has 9 aromatic carbocycles. The van der Waals surface area contributed by atoms with Crippen LogP contribution in [0.15, 0.2) is 237 Å². The van der Waals surface area contributed by atoms with E-state index in [1.807, 2.05) is 18.2 Å². The molecule has 0 N–H and O–H groups in total. The second kappa shape index (κ2) is 26.0. The van der Waals surface area contributed by atoms with Gasteiger partial charge < -0.3 is 54.7 Å². The third-order valence-corrected chi connectivity index (χ3v) is 13.1. The molecule has 1 heterocycles. The summed E-state index contributed by atoms with van der Waals surface area (Å²) in [6.07, 6.45) is -3.05. The molecule has 10 rings (SSSR count). The second-order valence-corrected chi connectivity index (χ2v) is 20.7. The van der Waals surface area contributed by atoms with Gasteiger partial charge in [0.2, 0.25) is 0 Å². The molecule has 0 saturated carbocycles. The first-order valence-corrected chi connectivity index (χ1v) is 28.9. The Bertz CT molecular complexity index is 3540. The Kier molecular flexibility index (Phi) is 18.0. The van der Waals surface area contributed by atoms with Gasteiger partial charge in [0.15, 0.2) is 0 Å². The van der Waals surface area contributed by atoms with Gasteiger partial charge in [-0.2, -0.15) is 25.3 Å². The van der Waals surface area contributed by atoms with E-state index in [9.17, 15) is 36.9 Å². The van der Waals surface area contributed by atoms with E-state index < -0.39 is 71.7 Å². The van der Waals surface area contributed by atoms with Gasteiger partial charge >= 0.3 is 52.9 Å². The van der Waals surface area contributed by atoms with E-state index in [1.165, 1.54) is 72.8 Å². The zero-order chi connectivity index (χ0) is 58.7. The summed E-state index contributed by atoms with van der Waals surface area (Å²) in [5.41, 5.74) is 3.55. The topological polar surface area (TPSA) is 213 Å². The highest BCUT2D eigenvalue weighted by Gasteiger charge is 2.44. The number of benzene rings is 9. The van der Waals surface area contributed by atoms with Crippen LogP contribution in [-0.4, -0.2) is 46.6 Å². The summed E-state index contributed by atoms with van der Waals surface area (Å²) in [7, 11) is -18.9. The first-order valence-electron chi connectivity index (χ1n) is 25.0. The third kappa shape index (κ3) is 16.8. The van der Waals surface area contributed by atoms with Crippen LogP contribution in [0.1, 0.15) is 35.6 Å². The van der Waals surface area contributed by atoms with Crippen molar-refractivity contribution in [2.24, 2.45) is 0 Å². The fourth-order valence-corrected chi connectivity index (χ4v) is 9.16. The molecule has 9 aromatic rings. The van der Waals surface area contributed by atoms with Crippen LogP contribution >= 0.6 is 0 Å². The van der Waals surface area contributed by atoms with Gasteiger partial charge in [0.05, 0.1) is 0 Å². The SMILES string of the molecule is O=S(=O)(F)Oc1ccc(OC(Oc2ccc(B3OB(c4ccc(OC(Oc5ccc(OS(=O)(=O)F)cc5)c5ccccc5)cc4)OB(c4ccc(OC(Oc5ccc(OS(=O)(=O)F)cc5)c5ccccc5)cc4)O3)cc2)c2ccccc2)cc1. The predicted molar refractivity (Wildman–Crippen MR) is 301 cm³/mol. The molecule has 1 saturated heterocycles. The van der Waals surface area contributed by atoms with E-state index in [1.54, 1.807) is 146 Å². The van der Waals surface area contributed by atoms with Crippen LogP contribution in [0, 0.1) is 0 Å². The van der Waals surface area contributed by atoms with Gasteiger partial charge in [0.1, 0.15) is 51.7 Å². The van der Waals surface area contributed by atoms with Gasteiger partial charge in [-0.15, -0.1) is 0 Å². The van der Waals surface area contributed by atoms with E-state index in [0.717, 1.165) is 0 Å². The fourth-order valence-electron chi connectivity index (χ4n) is 8.13. The molecule has 426 valence electrons. The molecule has 18 nitrogen and oxygen atoms in total. The average molecular weight is 1200 g/mol. The van der Waals surface area contributed by atoms with Crippen LogP contribution in [0.5, 0.6) is 51.7 Å². The van der Waals surface area contributed by atoms with Crippen LogP contribution in [0.4, 0.5) is 11.7 Å². The summed E-state index contributed by atoms with van der Waals surface area (Å²) in [4.78, 5) is 0. The fraction of sp³-hybridized carbons (Fsp3) is 0.0526. The molecule has 1 aliphatic rings. The zero-order valence-electron chi connectivity index (χ0n) is 43.2. The van der Waals surface area contributed by atoms with Crippen LogP contribution in [0.2, 0.25) is 0 Å². The molecule has 3 unspecified atom stereocenters. The molecule has 1 aliphatic heterocycles. The van der Waals surface area contributed by atoms with Crippen LogP contribution < -0.4 is 57.4 Å². The Morgan fingerprint density at radius 2 is 0.440 bits per heavy atom.